The van der Waals surface area contributed by atoms with Crippen molar-refractivity contribution in [3.63, 3.8) is 0 Å². The third-order valence-corrected chi connectivity index (χ3v) is 3.72. The van der Waals surface area contributed by atoms with Gasteiger partial charge in [-0.25, -0.2) is 13.6 Å². The van der Waals surface area contributed by atoms with Crippen LogP contribution >= 0.6 is 0 Å². The summed E-state index contributed by atoms with van der Waals surface area (Å²) in [7, 11) is 0. The Morgan fingerprint density at radius 1 is 1.30 bits per heavy atom. The Balaban J connectivity index is 2.81. The molecule has 0 spiro atoms. The summed E-state index contributed by atoms with van der Waals surface area (Å²) in [6.45, 7) is 0.898. The second-order valence-corrected chi connectivity index (χ2v) is 5.24. The minimum Gasteiger partial charge on any atom is -0.480 e. The summed E-state index contributed by atoms with van der Waals surface area (Å²) in [6, 6.07) is -3.04. The topological polar surface area (TPSA) is 90.0 Å². The zero-order valence-electron chi connectivity index (χ0n) is 11.6. The van der Waals surface area contributed by atoms with Crippen molar-refractivity contribution < 1.29 is 41.8 Å². The smallest absolute Gasteiger partial charge is 0.415 e. The lowest BCUT2D eigenvalue weighted by Gasteiger charge is -2.37. The van der Waals surface area contributed by atoms with E-state index in [1.807, 2.05) is 0 Å². The summed E-state index contributed by atoms with van der Waals surface area (Å²) < 4.78 is 65.6. The van der Waals surface area contributed by atoms with Gasteiger partial charge in [0, 0.05) is 18.8 Å². The molecule has 1 saturated heterocycles. The van der Waals surface area contributed by atoms with E-state index >= 15 is 0 Å². The van der Waals surface area contributed by atoms with Gasteiger partial charge in [0.2, 0.25) is 0 Å². The highest BCUT2D eigenvalue weighted by molar-refractivity contribution is 6.13. The van der Waals surface area contributed by atoms with E-state index in [1.54, 1.807) is 0 Å². The fraction of sp³-hybridized carbons (Fsp3) is 0.583. The van der Waals surface area contributed by atoms with Gasteiger partial charge in [-0.05, 0) is 6.92 Å². The fourth-order valence-corrected chi connectivity index (χ4v) is 2.55. The van der Waals surface area contributed by atoms with E-state index in [-0.39, 0.29) is 13.1 Å². The summed E-state index contributed by atoms with van der Waals surface area (Å²) in [4.78, 5) is 26.6. The number of rotatable bonds is 4. The highest BCUT2D eigenvalue weighted by atomic mass is 19.4. The minimum absolute atomic E-state index is 0.0794. The van der Waals surface area contributed by atoms with Gasteiger partial charge in [-0.3, -0.25) is 9.79 Å². The maximum absolute atomic E-state index is 13.2. The van der Waals surface area contributed by atoms with Crippen LogP contribution in [0.25, 0.3) is 0 Å². The molecule has 2 rings (SSSR count). The van der Waals surface area contributed by atoms with Crippen LogP contribution < -0.4 is 0 Å². The van der Waals surface area contributed by atoms with Gasteiger partial charge in [0.25, 0.3) is 6.43 Å². The Morgan fingerprint density at radius 2 is 1.83 bits per heavy atom. The van der Waals surface area contributed by atoms with Crippen LogP contribution in [0, 0.1) is 5.41 Å². The number of dihydropyridines is 1. The van der Waals surface area contributed by atoms with Crippen molar-refractivity contribution in [1.29, 1.82) is 0 Å². The van der Waals surface area contributed by atoms with Gasteiger partial charge in [0.1, 0.15) is 11.1 Å². The van der Waals surface area contributed by atoms with Crippen molar-refractivity contribution in [3.8, 4) is 0 Å². The predicted molar refractivity (Wildman–Crippen MR) is 65.3 cm³/mol. The maximum atomic E-state index is 13.2. The highest BCUT2D eigenvalue weighted by Crippen LogP contribution is 2.46. The van der Waals surface area contributed by atoms with E-state index in [0.29, 0.717) is 0 Å². The van der Waals surface area contributed by atoms with Crippen LogP contribution in [0.4, 0.5) is 22.0 Å². The molecule has 0 radical (unpaired) electrons. The van der Waals surface area contributed by atoms with Crippen LogP contribution in [0.3, 0.4) is 0 Å². The van der Waals surface area contributed by atoms with Crippen LogP contribution in [0.5, 0.6) is 0 Å². The molecule has 0 aromatic heterocycles. The van der Waals surface area contributed by atoms with Crippen LogP contribution in [-0.2, 0) is 9.59 Å². The van der Waals surface area contributed by atoms with E-state index in [4.69, 9.17) is 5.11 Å². The molecule has 2 N–H and O–H groups in total. The average Bonchev–Trinajstić information content (AvgIpc) is 3.19. The van der Waals surface area contributed by atoms with Gasteiger partial charge in [-0.1, -0.05) is 0 Å². The van der Waals surface area contributed by atoms with E-state index in [2.05, 4.69) is 4.99 Å². The molecule has 0 saturated carbocycles. The number of carboxylic acid groups (broad SMARTS) is 2. The lowest BCUT2D eigenvalue weighted by atomic mass is 9.75. The van der Waals surface area contributed by atoms with Crippen molar-refractivity contribution in [2.75, 3.05) is 13.1 Å². The van der Waals surface area contributed by atoms with Crippen molar-refractivity contribution in [2.45, 2.75) is 25.6 Å². The first kappa shape index (κ1) is 17.2. The van der Waals surface area contributed by atoms with E-state index < -0.39 is 53.0 Å². The third kappa shape index (κ3) is 2.63. The molecule has 0 amide bonds. The Morgan fingerprint density at radius 3 is 2.13 bits per heavy atom. The quantitative estimate of drug-likeness (QED) is 0.595. The van der Waals surface area contributed by atoms with Crippen LogP contribution in [0.15, 0.2) is 16.3 Å². The maximum Gasteiger partial charge on any atom is 0.415 e. The van der Waals surface area contributed by atoms with Gasteiger partial charge in [0.15, 0.2) is 6.04 Å². The highest BCUT2D eigenvalue weighted by Gasteiger charge is 2.59. The zero-order valence-corrected chi connectivity index (χ0v) is 11.6. The normalized spacial score (nSPS) is 28.0. The molecular weight excluding hydrogens is 331 g/mol. The second kappa shape index (κ2) is 5.17. The Bertz CT molecular complexity index is 623. The molecule has 2 heterocycles. The summed E-state index contributed by atoms with van der Waals surface area (Å²) in [5, 5.41) is 18.4. The Hall–Kier alpha value is -2.20. The van der Waals surface area contributed by atoms with Gasteiger partial charge < -0.3 is 15.1 Å². The van der Waals surface area contributed by atoms with Crippen molar-refractivity contribution in [3.05, 3.63) is 11.3 Å². The van der Waals surface area contributed by atoms with Gasteiger partial charge in [-0.15, -0.1) is 0 Å². The lowest BCUT2D eigenvalue weighted by Crippen LogP contribution is -2.51. The summed E-state index contributed by atoms with van der Waals surface area (Å²) >= 11 is 0. The molecule has 2 aliphatic heterocycles. The molecule has 128 valence electrons. The first-order valence-corrected chi connectivity index (χ1v) is 6.31. The first-order chi connectivity index (χ1) is 10.4. The molecule has 0 aromatic carbocycles. The zero-order chi connectivity index (χ0) is 17.7. The molecular formula is C12H11F5N2O4. The minimum atomic E-state index is -5.24. The SMILES string of the molecule is CC1(C(=O)O)C(C(F)F)=NC(C(F)(F)F)C(C(=O)O)=C1N1CC1. The summed E-state index contributed by atoms with van der Waals surface area (Å²) in [5.74, 6) is -3.93. The first-order valence-electron chi connectivity index (χ1n) is 6.31. The number of carbonyl (C=O) groups is 2. The Kier molecular flexibility index (Phi) is 3.86. The number of hydrogen-bond donors (Lipinski definition) is 2. The summed E-state index contributed by atoms with van der Waals surface area (Å²) in [6.07, 6.45) is -8.82. The Labute approximate surface area is 125 Å². The average molecular weight is 342 g/mol. The van der Waals surface area contributed by atoms with Crippen molar-refractivity contribution in [1.82, 2.24) is 4.90 Å². The number of carboxylic acids is 2. The van der Waals surface area contributed by atoms with Crippen LogP contribution in [0.1, 0.15) is 6.92 Å². The third-order valence-electron chi connectivity index (χ3n) is 3.72. The van der Waals surface area contributed by atoms with Gasteiger partial charge >= 0.3 is 18.1 Å². The van der Waals surface area contributed by atoms with E-state index in [0.717, 1.165) is 11.8 Å². The van der Waals surface area contributed by atoms with E-state index in [9.17, 15) is 36.6 Å². The molecule has 1 fully saturated rings. The number of alkyl halides is 5. The molecule has 0 aliphatic carbocycles. The summed E-state index contributed by atoms with van der Waals surface area (Å²) in [5.41, 5.74) is -6.26. The molecule has 2 aliphatic rings. The fourth-order valence-electron chi connectivity index (χ4n) is 2.55. The van der Waals surface area contributed by atoms with Crippen molar-refractivity contribution in [2.24, 2.45) is 10.4 Å². The van der Waals surface area contributed by atoms with Gasteiger partial charge in [0.05, 0.1) is 5.57 Å². The molecule has 6 nitrogen and oxygen atoms in total. The number of hydrogen-bond acceptors (Lipinski definition) is 4. The van der Waals surface area contributed by atoms with Crippen LogP contribution in [0.2, 0.25) is 0 Å². The molecule has 2 unspecified atom stereocenters. The molecule has 0 aromatic rings. The molecule has 2 atom stereocenters. The number of aliphatic imine (C=N–C) groups is 1. The standard InChI is InChI=1S/C12H11F5N2O4/c1-11(10(22)23)6(8(13)14)18-5(12(15,16)17)4(9(20)21)7(11)19-2-3-19/h5,8H,2-3H2,1H3,(H,20,21)(H,22,23). The largest absolute Gasteiger partial charge is 0.480 e. The van der Waals surface area contributed by atoms with Gasteiger partial charge in [-0.2, -0.15) is 13.2 Å². The molecule has 23 heavy (non-hydrogen) atoms. The number of halogens is 5. The van der Waals surface area contributed by atoms with Crippen molar-refractivity contribution >= 4 is 17.7 Å². The predicted octanol–water partition coefficient (Wildman–Crippen LogP) is 1.38. The van der Waals surface area contributed by atoms with Crippen LogP contribution in [-0.4, -0.2) is 64.5 Å². The number of nitrogens with zero attached hydrogens (tertiary/aromatic N) is 2. The lowest BCUT2D eigenvalue weighted by molar-refractivity contribution is -0.152. The molecule has 11 heteroatoms. The second-order valence-electron chi connectivity index (χ2n) is 5.24. The monoisotopic (exact) mass is 342 g/mol. The molecule has 0 bridgehead atoms. The number of aliphatic carboxylic acids is 2. The van der Waals surface area contributed by atoms with E-state index in [1.165, 1.54) is 0 Å².